The largest absolute Gasteiger partial charge is 0.357 e. The predicted molar refractivity (Wildman–Crippen MR) is 138 cm³/mol. The van der Waals surface area contributed by atoms with Gasteiger partial charge in [-0.05, 0) is 50.2 Å². The second-order valence-corrected chi connectivity index (χ2v) is 9.17. The summed E-state index contributed by atoms with van der Waals surface area (Å²) in [4.78, 5) is 11.3. The van der Waals surface area contributed by atoms with Gasteiger partial charge in [0.25, 0.3) is 0 Å². The topological polar surface area (TPSA) is 48.7 Å². The average Bonchev–Trinajstić information content (AvgIpc) is 3.43. The Morgan fingerprint density at radius 2 is 2.07 bits per heavy atom. The van der Waals surface area contributed by atoms with E-state index in [1.165, 1.54) is 42.1 Å². The van der Waals surface area contributed by atoms with Gasteiger partial charge < -0.3 is 10.2 Å². The summed E-state index contributed by atoms with van der Waals surface area (Å²) in [6, 6.07) is 4.79. The number of guanidine groups is 1. The van der Waals surface area contributed by atoms with Crippen LogP contribution in [0.3, 0.4) is 0 Å². The van der Waals surface area contributed by atoms with Crippen LogP contribution < -0.4 is 5.32 Å². The second kappa shape index (κ2) is 12.0. The Morgan fingerprint density at radius 3 is 2.67 bits per heavy atom. The molecule has 0 amide bonds. The summed E-state index contributed by atoms with van der Waals surface area (Å²) in [7, 11) is 4.12. The molecule has 1 fully saturated rings. The van der Waals surface area contributed by atoms with Crippen LogP contribution in [0.25, 0.3) is 0 Å². The number of nitrogens with zero attached hydrogens (tertiary/aromatic N) is 5. The number of hydrogen-bond donors (Lipinski definition) is 1. The first-order chi connectivity index (χ1) is 14.0. The van der Waals surface area contributed by atoms with Crippen molar-refractivity contribution in [2.75, 3.05) is 33.2 Å². The Morgan fingerprint density at radius 1 is 1.33 bits per heavy atom. The van der Waals surface area contributed by atoms with Crippen molar-refractivity contribution in [2.45, 2.75) is 52.1 Å². The minimum Gasteiger partial charge on any atom is -0.357 e. The van der Waals surface area contributed by atoms with Gasteiger partial charge in [-0.2, -0.15) is 5.10 Å². The molecule has 0 aliphatic carbocycles. The van der Waals surface area contributed by atoms with E-state index >= 15 is 0 Å². The lowest BCUT2D eigenvalue weighted by molar-refractivity contribution is 0.254. The first-order valence-corrected chi connectivity index (χ1v) is 11.7. The number of rotatable bonds is 8. The fraction of sp³-hybridized carbons (Fsp3) is 0.636. The molecule has 2 aromatic heterocycles. The number of nitrogens with one attached hydrogen (secondary N) is 1. The predicted octanol–water partition coefficient (Wildman–Crippen LogP) is 4.46. The molecule has 8 heteroatoms. The van der Waals surface area contributed by atoms with Gasteiger partial charge in [0.2, 0.25) is 0 Å². The monoisotopic (exact) mass is 544 g/mol. The number of aliphatic imine (C=N–C) groups is 1. The van der Waals surface area contributed by atoms with E-state index in [4.69, 9.17) is 4.99 Å². The molecule has 0 bridgehead atoms. The van der Waals surface area contributed by atoms with E-state index in [0.29, 0.717) is 12.0 Å². The highest BCUT2D eigenvalue weighted by molar-refractivity contribution is 14.0. The highest BCUT2D eigenvalue weighted by atomic mass is 127. The Balaban J connectivity index is 0.00000320. The van der Waals surface area contributed by atoms with E-state index in [-0.39, 0.29) is 24.0 Å². The molecule has 168 valence electrons. The molecule has 3 rings (SSSR count). The molecule has 2 aromatic rings. The van der Waals surface area contributed by atoms with Crippen molar-refractivity contribution in [1.82, 2.24) is 24.9 Å². The van der Waals surface area contributed by atoms with Gasteiger partial charge in [-0.1, -0.05) is 19.9 Å². The molecule has 3 heterocycles. The van der Waals surface area contributed by atoms with Crippen molar-refractivity contribution in [1.29, 1.82) is 0 Å². The molecule has 1 saturated heterocycles. The lowest BCUT2D eigenvalue weighted by Gasteiger charge is -2.27. The molecule has 30 heavy (non-hydrogen) atoms. The molecule has 0 spiro atoms. The summed E-state index contributed by atoms with van der Waals surface area (Å²) in [6.45, 7) is 11.3. The highest BCUT2D eigenvalue weighted by Gasteiger charge is 2.24. The van der Waals surface area contributed by atoms with Gasteiger partial charge in [0.1, 0.15) is 0 Å². The number of likely N-dealkylation sites (tertiary alicyclic amines) is 1. The minimum atomic E-state index is 0. The van der Waals surface area contributed by atoms with Crippen LogP contribution in [0.1, 0.15) is 61.7 Å². The van der Waals surface area contributed by atoms with Gasteiger partial charge in [-0.3, -0.25) is 14.6 Å². The summed E-state index contributed by atoms with van der Waals surface area (Å²) >= 11 is 1.85. The van der Waals surface area contributed by atoms with Crippen molar-refractivity contribution in [2.24, 2.45) is 12.0 Å². The van der Waals surface area contributed by atoms with Crippen LogP contribution in [0.15, 0.2) is 28.7 Å². The number of halogens is 1. The van der Waals surface area contributed by atoms with Crippen LogP contribution in [0.4, 0.5) is 0 Å². The molecule has 0 saturated carbocycles. The van der Waals surface area contributed by atoms with Gasteiger partial charge in [0, 0.05) is 43.8 Å². The molecule has 1 unspecified atom stereocenters. The quantitative estimate of drug-likeness (QED) is 0.303. The zero-order valence-corrected chi connectivity index (χ0v) is 22.1. The maximum absolute atomic E-state index is 5.06. The maximum Gasteiger partial charge on any atom is 0.194 e. The lowest BCUT2D eigenvalue weighted by Crippen LogP contribution is -2.39. The van der Waals surface area contributed by atoms with E-state index in [1.807, 2.05) is 23.1 Å². The fourth-order valence-electron chi connectivity index (χ4n) is 4.06. The second-order valence-electron chi connectivity index (χ2n) is 8.19. The van der Waals surface area contributed by atoms with E-state index < -0.39 is 0 Å². The van der Waals surface area contributed by atoms with Crippen LogP contribution in [-0.4, -0.2) is 58.8 Å². The van der Waals surface area contributed by atoms with E-state index in [1.54, 1.807) is 0 Å². The number of thiophene rings is 1. The smallest absolute Gasteiger partial charge is 0.194 e. The summed E-state index contributed by atoms with van der Waals surface area (Å²) in [5, 5.41) is 10.3. The minimum absolute atomic E-state index is 0. The Labute approximate surface area is 202 Å². The van der Waals surface area contributed by atoms with Gasteiger partial charge >= 0.3 is 0 Å². The van der Waals surface area contributed by atoms with Crippen molar-refractivity contribution in [3.05, 3.63) is 39.8 Å². The van der Waals surface area contributed by atoms with Gasteiger partial charge in [-0.15, -0.1) is 35.3 Å². The number of aryl methyl sites for hydroxylation is 1. The Bertz CT molecular complexity index is 780. The lowest BCUT2D eigenvalue weighted by atomic mass is 10.1. The summed E-state index contributed by atoms with van der Waals surface area (Å²) in [5.41, 5.74) is 2.44. The highest BCUT2D eigenvalue weighted by Crippen LogP contribution is 2.28. The SMILES string of the molecule is CCNC(=NCC(c1cccs1)N1CCCC1)N(C)Cc1cn(C)nc1C(C)C.I. The van der Waals surface area contributed by atoms with Crippen molar-refractivity contribution >= 4 is 41.3 Å². The molecule has 1 aliphatic rings. The van der Waals surface area contributed by atoms with Crippen LogP contribution in [-0.2, 0) is 13.6 Å². The molecule has 0 aromatic carbocycles. The van der Waals surface area contributed by atoms with Crippen LogP contribution >= 0.6 is 35.3 Å². The molecule has 0 radical (unpaired) electrons. The summed E-state index contributed by atoms with van der Waals surface area (Å²) < 4.78 is 1.92. The normalized spacial score (nSPS) is 16.0. The third-order valence-corrected chi connectivity index (χ3v) is 6.43. The zero-order chi connectivity index (χ0) is 20.8. The standard InChI is InChI=1S/C22H36N6S.HI/c1-6-23-22(26(4)15-18-16-27(5)25-21(18)17(2)3)24-14-19(20-10-9-13-29-20)28-11-7-8-12-28;/h9-10,13,16-17,19H,6-8,11-12,14-15H2,1-5H3,(H,23,24);1H. The Hall–Kier alpha value is -1.13. The van der Waals surface area contributed by atoms with Gasteiger partial charge in [0.15, 0.2) is 5.96 Å². The molecular weight excluding hydrogens is 507 g/mol. The summed E-state index contributed by atoms with van der Waals surface area (Å²) in [6.07, 6.45) is 4.73. The van der Waals surface area contributed by atoms with Crippen molar-refractivity contribution < 1.29 is 0 Å². The average molecular weight is 545 g/mol. The van der Waals surface area contributed by atoms with Crippen molar-refractivity contribution in [3.63, 3.8) is 0 Å². The summed E-state index contributed by atoms with van der Waals surface area (Å²) in [5.74, 6) is 1.38. The van der Waals surface area contributed by atoms with Crippen LogP contribution in [0, 0.1) is 0 Å². The van der Waals surface area contributed by atoms with E-state index in [0.717, 1.165) is 25.6 Å². The number of aromatic nitrogens is 2. The van der Waals surface area contributed by atoms with Gasteiger partial charge in [-0.25, -0.2) is 0 Å². The first-order valence-electron chi connectivity index (χ1n) is 10.8. The third-order valence-electron chi connectivity index (χ3n) is 5.46. The third kappa shape index (κ3) is 6.43. The molecular formula is C22H37IN6S. The fourth-order valence-corrected chi connectivity index (χ4v) is 4.91. The van der Waals surface area contributed by atoms with Gasteiger partial charge in [0.05, 0.1) is 18.3 Å². The molecule has 1 atom stereocenters. The molecule has 1 N–H and O–H groups in total. The van der Waals surface area contributed by atoms with Crippen LogP contribution in [0.5, 0.6) is 0 Å². The zero-order valence-electron chi connectivity index (χ0n) is 19.0. The molecule has 1 aliphatic heterocycles. The Kier molecular flexibility index (Phi) is 10.1. The first kappa shape index (κ1) is 25.1. The maximum atomic E-state index is 5.06. The van der Waals surface area contributed by atoms with Crippen molar-refractivity contribution in [3.8, 4) is 0 Å². The van der Waals surface area contributed by atoms with E-state index in [9.17, 15) is 0 Å². The van der Waals surface area contributed by atoms with E-state index in [2.05, 4.69) is 71.7 Å². The molecule has 6 nitrogen and oxygen atoms in total. The number of hydrogen-bond acceptors (Lipinski definition) is 4. The van der Waals surface area contributed by atoms with Crippen LogP contribution in [0.2, 0.25) is 0 Å².